The molecule has 0 radical (unpaired) electrons. The zero-order valence-electron chi connectivity index (χ0n) is 15.2. The number of nitrogens with zero attached hydrogens (tertiary/aromatic N) is 3. The van der Waals surface area contributed by atoms with Gasteiger partial charge in [-0.05, 0) is 29.8 Å². The van der Waals surface area contributed by atoms with E-state index < -0.39 is 0 Å². The lowest BCUT2D eigenvalue weighted by Gasteiger charge is -2.29. The van der Waals surface area contributed by atoms with E-state index in [0.29, 0.717) is 6.54 Å². The lowest BCUT2D eigenvalue weighted by atomic mass is 9.84. The molecular formula is C19H27FN4. The third kappa shape index (κ3) is 4.37. The molecule has 0 unspecified atom stereocenters. The van der Waals surface area contributed by atoms with Gasteiger partial charge < -0.3 is 14.8 Å². The zero-order valence-corrected chi connectivity index (χ0v) is 15.2. The molecule has 2 aromatic rings. The van der Waals surface area contributed by atoms with E-state index in [1.807, 2.05) is 32.4 Å². The molecule has 0 fully saturated rings. The van der Waals surface area contributed by atoms with Crippen LogP contribution in [0.15, 0.2) is 47.6 Å². The fourth-order valence-corrected chi connectivity index (χ4v) is 2.67. The molecule has 0 saturated heterocycles. The highest BCUT2D eigenvalue weighted by Crippen LogP contribution is 2.23. The molecule has 1 aromatic carbocycles. The van der Waals surface area contributed by atoms with E-state index >= 15 is 0 Å². The Kier molecular flexibility index (Phi) is 5.65. The molecule has 5 heteroatoms. The molecule has 0 atom stereocenters. The summed E-state index contributed by atoms with van der Waals surface area (Å²) in [6.45, 7) is 5.63. The molecule has 0 spiro atoms. The van der Waals surface area contributed by atoms with Gasteiger partial charge in [0.1, 0.15) is 5.82 Å². The Labute approximate surface area is 144 Å². The molecule has 0 saturated carbocycles. The SMILES string of the molecule is CN=C(NCC(C)(C)c1cccc(F)c1)N(C)Cc1cccn1C. The van der Waals surface area contributed by atoms with Crippen LogP contribution in [0.5, 0.6) is 0 Å². The van der Waals surface area contributed by atoms with E-state index in [-0.39, 0.29) is 11.2 Å². The number of hydrogen-bond donors (Lipinski definition) is 1. The van der Waals surface area contributed by atoms with Crippen LogP contribution in [0.2, 0.25) is 0 Å². The Balaban J connectivity index is 2.01. The number of rotatable bonds is 5. The summed E-state index contributed by atoms with van der Waals surface area (Å²) >= 11 is 0. The third-order valence-electron chi connectivity index (χ3n) is 4.32. The summed E-state index contributed by atoms with van der Waals surface area (Å²) in [6.07, 6.45) is 2.03. The maximum Gasteiger partial charge on any atom is 0.193 e. The second kappa shape index (κ2) is 7.51. The van der Waals surface area contributed by atoms with Crippen LogP contribution in [0.25, 0.3) is 0 Å². The van der Waals surface area contributed by atoms with E-state index in [9.17, 15) is 4.39 Å². The van der Waals surface area contributed by atoms with E-state index in [4.69, 9.17) is 0 Å². The third-order valence-corrected chi connectivity index (χ3v) is 4.32. The summed E-state index contributed by atoms with van der Waals surface area (Å²) in [5, 5.41) is 3.40. The minimum Gasteiger partial charge on any atom is -0.355 e. The summed E-state index contributed by atoms with van der Waals surface area (Å²) < 4.78 is 15.6. The van der Waals surface area contributed by atoms with Gasteiger partial charge in [0.15, 0.2) is 5.96 Å². The van der Waals surface area contributed by atoms with Crippen LogP contribution in [0.1, 0.15) is 25.1 Å². The summed E-state index contributed by atoms with van der Waals surface area (Å²) in [6, 6.07) is 10.9. The zero-order chi connectivity index (χ0) is 17.7. The first kappa shape index (κ1) is 18.0. The van der Waals surface area contributed by atoms with Crippen LogP contribution in [0.4, 0.5) is 4.39 Å². The van der Waals surface area contributed by atoms with Crippen LogP contribution in [-0.4, -0.2) is 36.1 Å². The Morgan fingerprint density at radius 3 is 2.62 bits per heavy atom. The van der Waals surface area contributed by atoms with E-state index in [0.717, 1.165) is 18.1 Å². The minimum absolute atomic E-state index is 0.203. The molecule has 2 rings (SSSR count). The van der Waals surface area contributed by atoms with Crippen LogP contribution < -0.4 is 5.32 Å². The molecule has 1 aromatic heterocycles. The van der Waals surface area contributed by atoms with Gasteiger partial charge in [0.05, 0.1) is 6.54 Å². The van der Waals surface area contributed by atoms with Gasteiger partial charge in [0.25, 0.3) is 0 Å². The fourth-order valence-electron chi connectivity index (χ4n) is 2.67. The van der Waals surface area contributed by atoms with Crippen molar-refractivity contribution in [3.63, 3.8) is 0 Å². The number of halogens is 1. The van der Waals surface area contributed by atoms with Crippen molar-refractivity contribution >= 4 is 5.96 Å². The van der Waals surface area contributed by atoms with Crippen LogP contribution in [-0.2, 0) is 19.0 Å². The Hall–Kier alpha value is -2.30. The van der Waals surface area contributed by atoms with Crippen molar-refractivity contribution in [2.75, 3.05) is 20.6 Å². The maximum absolute atomic E-state index is 13.5. The molecule has 0 aliphatic heterocycles. The van der Waals surface area contributed by atoms with E-state index in [1.54, 1.807) is 19.2 Å². The standard InChI is InChI=1S/C19H27FN4/c1-19(2,15-8-6-9-16(20)12-15)14-22-18(21-3)24(5)13-17-10-7-11-23(17)4/h6-12H,13-14H2,1-5H3,(H,21,22). The topological polar surface area (TPSA) is 32.6 Å². The first-order valence-corrected chi connectivity index (χ1v) is 8.11. The number of aliphatic imine (C=N–C) groups is 1. The van der Waals surface area contributed by atoms with Crippen molar-refractivity contribution in [3.05, 3.63) is 59.7 Å². The Bertz CT molecular complexity index is 703. The van der Waals surface area contributed by atoms with Crippen LogP contribution in [0, 0.1) is 5.82 Å². The maximum atomic E-state index is 13.5. The van der Waals surface area contributed by atoms with Gasteiger partial charge >= 0.3 is 0 Å². The smallest absolute Gasteiger partial charge is 0.193 e. The van der Waals surface area contributed by atoms with E-state index in [1.165, 1.54) is 11.8 Å². The summed E-state index contributed by atoms with van der Waals surface area (Å²) in [5.74, 6) is 0.617. The largest absolute Gasteiger partial charge is 0.355 e. The van der Waals surface area contributed by atoms with Crippen molar-refractivity contribution in [2.24, 2.45) is 12.0 Å². The molecule has 24 heavy (non-hydrogen) atoms. The highest BCUT2D eigenvalue weighted by Gasteiger charge is 2.22. The van der Waals surface area contributed by atoms with Crippen molar-refractivity contribution in [1.82, 2.24) is 14.8 Å². The number of hydrogen-bond acceptors (Lipinski definition) is 1. The number of benzene rings is 1. The van der Waals surface area contributed by atoms with Crippen molar-refractivity contribution in [2.45, 2.75) is 25.8 Å². The van der Waals surface area contributed by atoms with Gasteiger partial charge in [-0.3, -0.25) is 4.99 Å². The molecule has 0 amide bonds. The van der Waals surface area contributed by atoms with Crippen molar-refractivity contribution in [1.29, 1.82) is 0 Å². The summed E-state index contributed by atoms with van der Waals surface area (Å²) in [7, 11) is 5.82. The lowest BCUT2D eigenvalue weighted by Crippen LogP contribution is -2.44. The van der Waals surface area contributed by atoms with Gasteiger partial charge in [-0.15, -0.1) is 0 Å². The normalized spacial score (nSPS) is 12.3. The Morgan fingerprint density at radius 1 is 1.29 bits per heavy atom. The van der Waals surface area contributed by atoms with Crippen molar-refractivity contribution in [3.8, 4) is 0 Å². The van der Waals surface area contributed by atoms with Gasteiger partial charge in [-0.2, -0.15) is 0 Å². The molecule has 130 valence electrons. The average molecular weight is 330 g/mol. The number of nitrogens with one attached hydrogen (secondary N) is 1. The first-order chi connectivity index (χ1) is 11.3. The lowest BCUT2D eigenvalue weighted by molar-refractivity contribution is 0.439. The second-order valence-electron chi connectivity index (χ2n) is 6.76. The number of aromatic nitrogens is 1. The molecule has 1 heterocycles. The molecule has 0 aliphatic carbocycles. The quantitative estimate of drug-likeness (QED) is 0.675. The molecule has 4 nitrogen and oxygen atoms in total. The van der Waals surface area contributed by atoms with Gasteiger partial charge in [0.2, 0.25) is 0 Å². The molecule has 0 bridgehead atoms. The summed E-state index contributed by atoms with van der Waals surface area (Å²) in [4.78, 5) is 6.44. The summed E-state index contributed by atoms with van der Waals surface area (Å²) in [5.41, 5.74) is 1.98. The molecular weight excluding hydrogens is 303 g/mol. The minimum atomic E-state index is -0.205. The average Bonchev–Trinajstić information content (AvgIpc) is 2.93. The first-order valence-electron chi connectivity index (χ1n) is 8.11. The number of guanidine groups is 1. The second-order valence-corrected chi connectivity index (χ2v) is 6.76. The number of aryl methyl sites for hydroxylation is 1. The predicted octanol–water partition coefficient (Wildman–Crippen LogP) is 3.15. The highest BCUT2D eigenvalue weighted by molar-refractivity contribution is 5.79. The van der Waals surface area contributed by atoms with Gasteiger partial charge in [0, 0.05) is 45.0 Å². The fraction of sp³-hybridized carbons (Fsp3) is 0.421. The monoisotopic (exact) mass is 330 g/mol. The predicted molar refractivity (Wildman–Crippen MR) is 97.7 cm³/mol. The van der Waals surface area contributed by atoms with Crippen LogP contribution in [0.3, 0.4) is 0 Å². The van der Waals surface area contributed by atoms with Crippen molar-refractivity contribution < 1.29 is 4.39 Å². The van der Waals surface area contributed by atoms with Gasteiger partial charge in [-0.1, -0.05) is 26.0 Å². The van der Waals surface area contributed by atoms with Gasteiger partial charge in [-0.25, -0.2) is 4.39 Å². The van der Waals surface area contributed by atoms with E-state index in [2.05, 4.69) is 39.7 Å². The van der Waals surface area contributed by atoms with Crippen LogP contribution >= 0.6 is 0 Å². The molecule has 0 aliphatic rings. The highest BCUT2D eigenvalue weighted by atomic mass is 19.1. The Morgan fingerprint density at radius 2 is 2.04 bits per heavy atom. The molecule has 1 N–H and O–H groups in total.